The standard InChI is InChI=1S/C21H26N2O5S/c1-15(2)17-5-8-20(24)19(13-17)21(25)22-14-16-3-6-18(7-4-16)29(26,27)23-9-11-28-12-10-23/h3-8,13,15,24H,9-12,14H2,1-2H3,(H,22,25). The second-order valence-corrected chi connectivity index (χ2v) is 9.21. The van der Waals surface area contributed by atoms with Crippen molar-refractivity contribution in [2.24, 2.45) is 0 Å². The summed E-state index contributed by atoms with van der Waals surface area (Å²) in [5.41, 5.74) is 1.95. The summed E-state index contributed by atoms with van der Waals surface area (Å²) in [4.78, 5) is 12.7. The third kappa shape index (κ3) is 4.95. The molecule has 1 aliphatic rings. The average molecular weight is 419 g/mol. The van der Waals surface area contributed by atoms with Crippen LogP contribution in [-0.4, -0.2) is 50.0 Å². The van der Waals surface area contributed by atoms with E-state index in [4.69, 9.17) is 4.74 Å². The quantitative estimate of drug-likeness (QED) is 0.751. The van der Waals surface area contributed by atoms with Gasteiger partial charge in [0.05, 0.1) is 23.7 Å². The summed E-state index contributed by atoms with van der Waals surface area (Å²) in [7, 11) is -3.54. The molecule has 29 heavy (non-hydrogen) atoms. The van der Waals surface area contributed by atoms with E-state index in [2.05, 4.69) is 5.32 Å². The number of sulfonamides is 1. The molecule has 2 N–H and O–H groups in total. The van der Waals surface area contributed by atoms with Crippen LogP contribution in [0, 0.1) is 0 Å². The monoisotopic (exact) mass is 418 g/mol. The summed E-state index contributed by atoms with van der Waals surface area (Å²) in [6.07, 6.45) is 0. The molecule has 0 aliphatic carbocycles. The number of nitrogens with one attached hydrogen (secondary N) is 1. The molecule has 156 valence electrons. The molecule has 2 aromatic rings. The van der Waals surface area contributed by atoms with Crippen molar-refractivity contribution in [3.05, 3.63) is 59.2 Å². The van der Waals surface area contributed by atoms with E-state index >= 15 is 0 Å². The van der Waals surface area contributed by atoms with Crippen LogP contribution >= 0.6 is 0 Å². The number of aromatic hydroxyl groups is 1. The second kappa shape index (κ2) is 8.94. The van der Waals surface area contributed by atoms with Crippen molar-refractivity contribution < 1.29 is 23.1 Å². The maximum atomic E-state index is 12.6. The SMILES string of the molecule is CC(C)c1ccc(O)c(C(=O)NCc2ccc(S(=O)(=O)N3CCOCC3)cc2)c1. The third-order valence-electron chi connectivity index (χ3n) is 4.92. The molecule has 1 aliphatic heterocycles. The molecule has 0 bridgehead atoms. The normalized spacial score (nSPS) is 15.4. The third-order valence-corrected chi connectivity index (χ3v) is 6.83. The predicted molar refractivity (Wildman–Crippen MR) is 109 cm³/mol. The Labute approximate surface area is 171 Å². The first kappa shape index (κ1) is 21.3. The van der Waals surface area contributed by atoms with Crippen LogP contribution in [0.15, 0.2) is 47.4 Å². The fourth-order valence-corrected chi connectivity index (χ4v) is 4.50. The van der Waals surface area contributed by atoms with Crippen LogP contribution < -0.4 is 5.32 Å². The van der Waals surface area contributed by atoms with Gasteiger partial charge in [0, 0.05) is 19.6 Å². The molecule has 0 radical (unpaired) electrons. The number of carbonyl (C=O) groups excluding carboxylic acids is 1. The lowest BCUT2D eigenvalue weighted by atomic mass is 10.00. The largest absolute Gasteiger partial charge is 0.507 e. The number of phenols is 1. The Bertz CT molecular complexity index is 965. The van der Waals surface area contributed by atoms with Crippen LogP contribution in [0.5, 0.6) is 5.75 Å². The van der Waals surface area contributed by atoms with Gasteiger partial charge in [0.2, 0.25) is 10.0 Å². The molecule has 7 nitrogen and oxygen atoms in total. The number of phenolic OH excluding ortho intramolecular Hbond substituents is 1. The Morgan fingerprint density at radius 2 is 1.79 bits per heavy atom. The Morgan fingerprint density at radius 1 is 1.14 bits per heavy atom. The van der Waals surface area contributed by atoms with E-state index in [9.17, 15) is 18.3 Å². The number of ether oxygens (including phenoxy) is 1. The van der Waals surface area contributed by atoms with E-state index < -0.39 is 10.0 Å². The molecular weight excluding hydrogens is 392 g/mol. The number of amides is 1. The lowest BCUT2D eigenvalue weighted by Crippen LogP contribution is -2.40. The van der Waals surface area contributed by atoms with Gasteiger partial charge in [-0.2, -0.15) is 4.31 Å². The molecular formula is C21H26N2O5S. The van der Waals surface area contributed by atoms with Crippen molar-refractivity contribution in [1.29, 1.82) is 0 Å². The van der Waals surface area contributed by atoms with Crippen molar-refractivity contribution in [3.8, 4) is 5.75 Å². The Kier molecular flexibility index (Phi) is 6.56. The molecule has 8 heteroatoms. The summed E-state index contributed by atoms with van der Waals surface area (Å²) in [6, 6.07) is 11.5. The Morgan fingerprint density at radius 3 is 2.41 bits per heavy atom. The first-order chi connectivity index (χ1) is 13.8. The minimum absolute atomic E-state index is 0.0705. The highest BCUT2D eigenvalue weighted by Crippen LogP contribution is 2.23. The first-order valence-corrected chi connectivity index (χ1v) is 11.0. The smallest absolute Gasteiger partial charge is 0.255 e. The molecule has 3 rings (SSSR count). The van der Waals surface area contributed by atoms with Gasteiger partial charge in [0.25, 0.3) is 5.91 Å². The van der Waals surface area contributed by atoms with Crippen molar-refractivity contribution in [1.82, 2.24) is 9.62 Å². The van der Waals surface area contributed by atoms with Crippen molar-refractivity contribution in [3.63, 3.8) is 0 Å². The van der Waals surface area contributed by atoms with Crippen LogP contribution in [0.4, 0.5) is 0 Å². The van der Waals surface area contributed by atoms with E-state index in [1.165, 1.54) is 10.4 Å². The number of rotatable bonds is 6. The second-order valence-electron chi connectivity index (χ2n) is 7.27. The van der Waals surface area contributed by atoms with Gasteiger partial charge >= 0.3 is 0 Å². The first-order valence-electron chi connectivity index (χ1n) is 9.57. The number of morpholine rings is 1. The zero-order chi connectivity index (χ0) is 21.0. The van der Waals surface area contributed by atoms with Crippen molar-refractivity contribution >= 4 is 15.9 Å². The van der Waals surface area contributed by atoms with E-state index in [-0.39, 0.29) is 34.6 Å². The van der Waals surface area contributed by atoms with Crippen molar-refractivity contribution in [2.75, 3.05) is 26.3 Å². The van der Waals surface area contributed by atoms with Crippen LogP contribution in [0.25, 0.3) is 0 Å². The van der Waals surface area contributed by atoms with Gasteiger partial charge < -0.3 is 15.2 Å². The minimum atomic E-state index is -3.54. The van der Waals surface area contributed by atoms with Gasteiger partial charge in [0.1, 0.15) is 5.75 Å². The highest BCUT2D eigenvalue weighted by Gasteiger charge is 2.26. The van der Waals surface area contributed by atoms with Crippen molar-refractivity contribution in [2.45, 2.75) is 31.2 Å². The summed E-state index contributed by atoms with van der Waals surface area (Å²) < 4.78 is 31.9. The summed E-state index contributed by atoms with van der Waals surface area (Å²) in [6.45, 7) is 5.74. The highest BCUT2D eigenvalue weighted by atomic mass is 32.2. The van der Waals surface area contributed by atoms with Gasteiger partial charge in [0.15, 0.2) is 0 Å². The zero-order valence-electron chi connectivity index (χ0n) is 16.6. The lowest BCUT2D eigenvalue weighted by Gasteiger charge is -2.26. The number of hydrogen-bond acceptors (Lipinski definition) is 5. The zero-order valence-corrected chi connectivity index (χ0v) is 17.4. The maximum Gasteiger partial charge on any atom is 0.255 e. The number of hydrogen-bond donors (Lipinski definition) is 2. The average Bonchev–Trinajstić information content (AvgIpc) is 2.73. The Balaban J connectivity index is 1.66. The van der Waals surface area contributed by atoms with Crippen LogP contribution in [0.3, 0.4) is 0 Å². The van der Waals surface area contributed by atoms with Gasteiger partial charge in [-0.25, -0.2) is 8.42 Å². The number of carbonyl (C=O) groups is 1. The lowest BCUT2D eigenvalue weighted by molar-refractivity contribution is 0.0730. The number of benzene rings is 2. The minimum Gasteiger partial charge on any atom is -0.507 e. The van der Waals surface area contributed by atoms with Gasteiger partial charge in [-0.15, -0.1) is 0 Å². The summed E-state index contributed by atoms with van der Waals surface area (Å²) in [5.74, 6) is -0.211. The van der Waals surface area contributed by atoms with Crippen LogP contribution in [0.2, 0.25) is 0 Å². The number of nitrogens with zero attached hydrogens (tertiary/aromatic N) is 1. The Hall–Kier alpha value is -2.42. The van der Waals surface area contributed by atoms with Crippen LogP contribution in [-0.2, 0) is 21.3 Å². The topological polar surface area (TPSA) is 95.9 Å². The fraction of sp³-hybridized carbons (Fsp3) is 0.381. The molecule has 1 fully saturated rings. The highest BCUT2D eigenvalue weighted by molar-refractivity contribution is 7.89. The molecule has 1 saturated heterocycles. The van der Waals surface area contributed by atoms with E-state index in [1.807, 2.05) is 13.8 Å². The molecule has 1 amide bonds. The summed E-state index contributed by atoms with van der Waals surface area (Å²) in [5, 5.41) is 12.8. The molecule has 0 aromatic heterocycles. The van der Waals surface area contributed by atoms with Gasteiger partial charge in [-0.3, -0.25) is 4.79 Å². The molecule has 0 atom stereocenters. The van der Waals surface area contributed by atoms with Crippen LogP contribution in [0.1, 0.15) is 41.3 Å². The fourth-order valence-electron chi connectivity index (χ4n) is 3.09. The van der Waals surface area contributed by atoms with Gasteiger partial charge in [-0.1, -0.05) is 32.0 Å². The van der Waals surface area contributed by atoms with E-state index in [1.54, 1.807) is 36.4 Å². The molecule has 0 unspecified atom stereocenters. The molecule has 0 saturated carbocycles. The predicted octanol–water partition coefficient (Wildman–Crippen LogP) is 2.47. The van der Waals surface area contributed by atoms with E-state index in [0.717, 1.165) is 11.1 Å². The summed E-state index contributed by atoms with van der Waals surface area (Å²) >= 11 is 0. The molecule has 2 aromatic carbocycles. The van der Waals surface area contributed by atoms with E-state index in [0.29, 0.717) is 26.3 Å². The maximum absolute atomic E-state index is 12.6. The molecule has 1 heterocycles. The molecule has 0 spiro atoms. The van der Waals surface area contributed by atoms with Gasteiger partial charge in [-0.05, 0) is 41.3 Å².